The van der Waals surface area contributed by atoms with Crippen LogP contribution in [0.4, 0.5) is 5.69 Å². The summed E-state index contributed by atoms with van der Waals surface area (Å²) >= 11 is 5.94. The van der Waals surface area contributed by atoms with E-state index in [0.29, 0.717) is 5.75 Å². The molecule has 1 aromatic rings. The number of nitrogens with one attached hydrogen (secondary N) is 1. The first kappa shape index (κ1) is 15.0. The number of nitro benzene ring substituents is 1. The van der Waals surface area contributed by atoms with Crippen molar-refractivity contribution in [2.24, 2.45) is 0 Å². The zero-order chi connectivity index (χ0) is 12.3. The molecule has 1 unspecified atom stereocenters. The molecule has 7 heteroatoms. The monoisotopic (exact) mass is 292 g/mol. The van der Waals surface area contributed by atoms with Crippen molar-refractivity contribution in [3.63, 3.8) is 0 Å². The third-order valence-electron chi connectivity index (χ3n) is 2.67. The Bertz CT molecular complexity index is 423. The van der Waals surface area contributed by atoms with E-state index in [1.165, 1.54) is 12.1 Å². The van der Waals surface area contributed by atoms with Gasteiger partial charge in [-0.2, -0.15) is 0 Å². The molecule has 1 aliphatic heterocycles. The van der Waals surface area contributed by atoms with Gasteiger partial charge < -0.3 is 10.1 Å². The summed E-state index contributed by atoms with van der Waals surface area (Å²) in [5, 5.41) is 14.1. The van der Waals surface area contributed by atoms with Crippen LogP contribution in [0.25, 0.3) is 0 Å². The predicted octanol–water partition coefficient (Wildman–Crippen LogP) is 2.80. The third kappa shape index (κ3) is 3.73. The molecule has 1 atom stereocenters. The van der Waals surface area contributed by atoms with E-state index in [4.69, 9.17) is 16.3 Å². The molecule has 1 aromatic carbocycles. The fourth-order valence-corrected chi connectivity index (χ4v) is 2.02. The Morgan fingerprint density at radius 2 is 2.28 bits per heavy atom. The van der Waals surface area contributed by atoms with Gasteiger partial charge in [0.05, 0.1) is 9.95 Å². The first-order valence-electron chi connectivity index (χ1n) is 5.48. The fraction of sp³-hybridized carbons (Fsp3) is 0.455. The highest BCUT2D eigenvalue weighted by molar-refractivity contribution is 6.32. The molecule has 1 heterocycles. The lowest BCUT2D eigenvalue weighted by Gasteiger charge is -2.24. The van der Waals surface area contributed by atoms with Gasteiger partial charge in [0.25, 0.3) is 5.69 Å². The van der Waals surface area contributed by atoms with Crippen LogP contribution in [-0.2, 0) is 0 Å². The molecule has 1 aliphatic rings. The topological polar surface area (TPSA) is 64.4 Å². The summed E-state index contributed by atoms with van der Waals surface area (Å²) in [5.74, 6) is 0.506. The first-order valence-corrected chi connectivity index (χ1v) is 5.86. The van der Waals surface area contributed by atoms with Crippen LogP contribution in [0.15, 0.2) is 18.2 Å². The maximum Gasteiger partial charge on any atom is 0.271 e. The van der Waals surface area contributed by atoms with E-state index >= 15 is 0 Å². The van der Waals surface area contributed by atoms with Crippen molar-refractivity contribution in [1.29, 1.82) is 0 Å². The number of ether oxygens (including phenoxy) is 1. The highest BCUT2D eigenvalue weighted by Gasteiger charge is 2.17. The van der Waals surface area contributed by atoms with Gasteiger partial charge >= 0.3 is 0 Å². The minimum atomic E-state index is -0.474. The van der Waals surface area contributed by atoms with Gasteiger partial charge in [-0.15, -0.1) is 12.4 Å². The number of halogens is 2. The summed E-state index contributed by atoms with van der Waals surface area (Å²) in [7, 11) is 0. The number of hydrogen-bond acceptors (Lipinski definition) is 4. The number of rotatable bonds is 3. The van der Waals surface area contributed by atoms with Crippen LogP contribution in [0.1, 0.15) is 12.8 Å². The molecule has 1 fully saturated rings. The summed E-state index contributed by atoms with van der Waals surface area (Å²) in [6, 6.07) is 4.26. The Labute approximate surface area is 116 Å². The summed E-state index contributed by atoms with van der Waals surface area (Å²) in [5.41, 5.74) is -0.0240. The maximum atomic E-state index is 10.6. The lowest BCUT2D eigenvalue weighted by atomic mass is 10.1. The van der Waals surface area contributed by atoms with Crippen LogP contribution < -0.4 is 10.1 Å². The number of non-ortho nitro benzene ring substituents is 1. The fourth-order valence-electron chi connectivity index (χ4n) is 1.80. The number of nitro groups is 1. The van der Waals surface area contributed by atoms with Gasteiger partial charge in [-0.05, 0) is 25.5 Å². The molecule has 0 amide bonds. The molecule has 1 N–H and O–H groups in total. The van der Waals surface area contributed by atoms with E-state index in [9.17, 15) is 10.1 Å². The van der Waals surface area contributed by atoms with E-state index < -0.39 is 4.92 Å². The Balaban J connectivity index is 0.00000162. The Morgan fingerprint density at radius 1 is 1.50 bits per heavy atom. The van der Waals surface area contributed by atoms with Crippen LogP contribution in [0.5, 0.6) is 5.75 Å². The Kier molecular flexibility index (Phi) is 5.65. The van der Waals surface area contributed by atoms with Gasteiger partial charge in [0.2, 0.25) is 0 Å². The number of piperidine rings is 1. The second kappa shape index (κ2) is 6.78. The van der Waals surface area contributed by atoms with Gasteiger partial charge in [0.15, 0.2) is 0 Å². The van der Waals surface area contributed by atoms with Gasteiger partial charge in [0, 0.05) is 18.7 Å². The Hall–Kier alpha value is -1.04. The average Bonchev–Trinajstić information content (AvgIpc) is 2.33. The van der Waals surface area contributed by atoms with E-state index in [1.54, 1.807) is 6.07 Å². The molecule has 2 rings (SSSR count). The predicted molar refractivity (Wildman–Crippen MR) is 71.9 cm³/mol. The molecule has 0 saturated carbocycles. The molecule has 0 spiro atoms. The first-order chi connectivity index (χ1) is 8.16. The summed E-state index contributed by atoms with van der Waals surface area (Å²) in [4.78, 5) is 10.1. The minimum absolute atomic E-state index is 0. The van der Waals surface area contributed by atoms with Crippen molar-refractivity contribution in [2.75, 3.05) is 13.1 Å². The van der Waals surface area contributed by atoms with E-state index in [2.05, 4.69) is 5.32 Å². The zero-order valence-corrected chi connectivity index (χ0v) is 11.2. The van der Waals surface area contributed by atoms with Crippen LogP contribution in [-0.4, -0.2) is 24.1 Å². The number of benzene rings is 1. The molecule has 5 nitrogen and oxygen atoms in total. The van der Waals surface area contributed by atoms with Crippen molar-refractivity contribution in [2.45, 2.75) is 18.9 Å². The molecule has 100 valence electrons. The second-order valence-electron chi connectivity index (χ2n) is 3.96. The van der Waals surface area contributed by atoms with Crippen molar-refractivity contribution >= 4 is 29.7 Å². The summed E-state index contributed by atoms with van der Waals surface area (Å²) < 4.78 is 5.70. The number of hydrogen-bond donors (Lipinski definition) is 1. The normalized spacial score (nSPS) is 18.8. The van der Waals surface area contributed by atoms with Crippen LogP contribution in [0, 0.1) is 10.1 Å². The zero-order valence-electron chi connectivity index (χ0n) is 9.60. The van der Waals surface area contributed by atoms with Crippen molar-refractivity contribution in [3.05, 3.63) is 33.3 Å². The lowest BCUT2D eigenvalue weighted by molar-refractivity contribution is -0.384. The van der Waals surface area contributed by atoms with Crippen LogP contribution in [0.2, 0.25) is 5.02 Å². The van der Waals surface area contributed by atoms with Gasteiger partial charge in [-0.3, -0.25) is 10.1 Å². The standard InChI is InChI=1S/C11H13ClN2O3.ClH/c12-10-6-8(14(15)16)3-4-11(10)17-9-2-1-5-13-7-9;/h3-4,6,9,13H,1-2,5,7H2;1H. The van der Waals surface area contributed by atoms with Crippen molar-refractivity contribution in [3.8, 4) is 5.75 Å². The highest BCUT2D eigenvalue weighted by atomic mass is 35.5. The average molecular weight is 293 g/mol. The molecule has 18 heavy (non-hydrogen) atoms. The van der Waals surface area contributed by atoms with Crippen molar-refractivity contribution < 1.29 is 9.66 Å². The third-order valence-corrected chi connectivity index (χ3v) is 2.97. The largest absolute Gasteiger partial charge is 0.488 e. The highest BCUT2D eigenvalue weighted by Crippen LogP contribution is 2.30. The van der Waals surface area contributed by atoms with Crippen molar-refractivity contribution in [1.82, 2.24) is 5.32 Å². The summed E-state index contributed by atoms with van der Waals surface area (Å²) in [6.45, 7) is 1.79. The minimum Gasteiger partial charge on any atom is -0.488 e. The molecule has 0 aliphatic carbocycles. The smallest absolute Gasteiger partial charge is 0.271 e. The lowest BCUT2D eigenvalue weighted by Crippen LogP contribution is -2.37. The molecular weight excluding hydrogens is 279 g/mol. The second-order valence-corrected chi connectivity index (χ2v) is 4.37. The number of nitrogens with zero attached hydrogens (tertiary/aromatic N) is 1. The van der Waals surface area contributed by atoms with Crippen LogP contribution in [0.3, 0.4) is 0 Å². The molecular formula is C11H14Cl2N2O3. The summed E-state index contributed by atoms with van der Waals surface area (Å²) in [6.07, 6.45) is 2.12. The molecule has 0 bridgehead atoms. The van der Waals surface area contributed by atoms with E-state index in [-0.39, 0.29) is 29.2 Å². The Morgan fingerprint density at radius 3 is 2.83 bits per heavy atom. The van der Waals surface area contributed by atoms with Gasteiger partial charge in [0.1, 0.15) is 11.9 Å². The molecule has 0 radical (unpaired) electrons. The maximum absolute atomic E-state index is 10.6. The van der Waals surface area contributed by atoms with Gasteiger partial charge in [-0.25, -0.2) is 0 Å². The SMILES string of the molecule is Cl.O=[N+]([O-])c1ccc(OC2CCCNC2)c(Cl)c1. The molecule has 0 aromatic heterocycles. The van der Waals surface area contributed by atoms with Gasteiger partial charge in [-0.1, -0.05) is 11.6 Å². The van der Waals surface area contributed by atoms with Crippen LogP contribution >= 0.6 is 24.0 Å². The van der Waals surface area contributed by atoms with E-state index in [1.807, 2.05) is 0 Å². The van der Waals surface area contributed by atoms with E-state index in [0.717, 1.165) is 25.9 Å². The quantitative estimate of drug-likeness (QED) is 0.687. The molecule has 1 saturated heterocycles.